The Hall–Kier alpha value is -3.68. The SMILES string of the molecule is CCOc1ccc(CN(C)C(=O)c2ccc(Cn3nc(C)c([N+](=O)[O-])c3C)cc2)cc1. The van der Waals surface area contributed by atoms with Crippen molar-refractivity contribution in [3.05, 3.63) is 86.7 Å². The van der Waals surface area contributed by atoms with Crippen molar-refractivity contribution in [2.75, 3.05) is 13.7 Å². The molecule has 2 aromatic carbocycles. The molecule has 8 nitrogen and oxygen atoms in total. The molecule has 0 fully saturated rings. The number of benzene rings is 2. The van der Waals surface area contributed by atoms with Crippen molar-refractivity contribution in [3.63, 3.8) is 0 Å². The summed E-state index contributed by atoms with van der Waals surface area (Å²) in [6, 6.07) is 14.9. The first-order valence-electron chi connectivity index (χ1n) is 10.0. The van der Waals surface area contributed by atoms with E-state index >= 15 is 0 Å². The number of aromatic nitrogens is 2. The Morgan fingerprint density at radius 2 is 1.71 bits per heavy atom. The Balaban J connectivity index is 1.66. The molecule has 0 atom stereocenters. The summed E-state index contributed by atoms with van der Waals surface area (Å²) in [6.45, 7) is 6.76. The van der Waals surface area contributed by atoms with Crippen LogP contribution >= 0.6 is 0 Å². The van der Waals surface area contributed by atoms with Gasteiger partial charge in [-0.2, -0.15) is 5.10 Å². The van der Waals surface area contributed by atoms with E-state index < -0.39 is 4.92 Å². The molecule has 0 saturated heterocycles. The molecule has 0 saturated carbocycles. The van der Waals surface area contributed by atoms with E-state index in [2.05, 4.69) is 5.10 Å². The average molecular weight is 422 g/mol. The number of nitrogens with zero attached hydrogens (tertiary/aromatic N) is 4. The minimum absolute atomic E-state index is 0.0442. The van der Waals surface area contributed by atoms with E-state index in [1.807, 2.05) is 43.3 Å². The van der Waals surface area contributed by atoms with Crippen molar-refractivity contribution in [1.29, 1.82) is 0 Å². The van der Waals surface area contributed by atoms with E-state index in [1.165, 1.54) is 0 Å². The average Bonchev–Trinajstić information content (AvgIpc) is 3.02. The summed E-state index contributed by atoms with van der Waals surface area (Å²) in [7, 11) is 1.77. The van der Waals surface area contributed by atoms with E-state index in [0.717, 1.165) is 16.9 Å². The first kappa shape index (κ1) is 22.0. The maximum Gasteiger partial charge on any atom is 0.312 e. The molecule has 0 N–H and O–H groups in total. The van der Waals surface area contributed by atoms with Crippen molar-refractivity contribution in [1.82, 2.24) is 14.7 Å². The van der Waals surface area contributed by atoms with Crippen LogP contribution in [0.5, 0.6) is 5.75 Å². The Morgan fingerprint density at radius 3 is 2.26 bits per heavy atom. The largest absolute Gasteiger partial charge is 0.494 e. The fourth-order valence-electron chi connectivity index (χ4n) is 3.46. The highest BCUT2D eigenvalue weighted by atomic mass is 16.6. The highest BCUT2D eigenvalue weighted by molar-refractivity contribution is 5.94. The van der Waals surface area contributed by atoms with Crippen LogP contribution in [-0.2, 0) is 13.1 Å². The molecule has 0 aliphatic heterocycles. The van der Waals surface area contributed by atoms with E-state index in [1.54, 1.807) is 42.6 Å². The number of ether oxygens (including phenoxy) is 1. The summed E-state index contributed by atoms with van der Waals surface area (Å²) >= 11 is 0. The highest BCUT2D eigenvalue weighted by Crippen LogP contribution is 2.22. The molecule has 31 heavy (non-hydrogen) atoms. The predicted octanol–water partition coefficient (Wildman–Crippen LogP) is 4.13. The molecule has 0 radical (unpaired) electrons. The second-order valence-electron chi connectivity index (χ2n) is 7.37. The number of hydrogen-bond donors (Lipinski definition) is 0. The van der Waals surface area contributed by atoms with Crippen LogP contribution in [0.25, 0.3) is 0 Å². The van der Waals surface area contributed by atoms with Gasteiger partial charge in [0.25, 0.3) is 5.91 Å². The van der Waals surface area contributed by atoms with E-state index in [-0.39, 0.29) is 11.6 Å². The number of amides is 1. The summed E-state index contributed by atoms with van der Waals surface area (Å²) in [5, 5.41) is 15.4. The molecule has 0 aliphatic rings. The standard InChI is InChI=1S/C23H26N4O4/c1-5-31-21-12-8-18(9-13-21)14-25(4)23(28)20-10-6-19(7-11-20)15-26-17(3)22(27(29)30)16(2)24-26/h6-13H,5,14-15H2,1-4H3. The van der Waals surface area contributed by atoms with Crippen LogP contribution in [0, 0.1) is 24.0 Å². The molecule has 0 spiro atoms. The maximum atomic E-state index is 12.8. The number of aryl methyl sites for hydroxylation is 1. The van der Waals surface area contributed by atoms with Crippen molar-refractivity contribution < 1.29 is 14.5 Å². The molecular formula is C23H26N4O4. The number of carbonyl (C=O) groups excluding carboxylic acids is 1. The third kappa shape index (κ3) is 5.09. The molecule has 0 unspecified atom stereocenters. The van der Waals surface area contributed by atoms with Gasteiger partial charge in [0.15, 0.2) is 0 Å². The fraction of sp³-hybridized carbons (Fsp3) is 0.304. The lowest BCUT2D eigenvalue weighted by Gasteiger charge is -2.18. The summed E-state index contributed by atoms with van der Waals surface area (Å²) in [5.41, 5.74) is 3.45. The lowest BCUT2D eigenvalue weighted by atomic mass is 10.1. The van der Waals surface area contributed by atoms with Gasteiger partial charge < -0.3 is 9.64 Å². The Kier molecular flexibility index (Phi) is 6.69. The lowest BCUT2D eigenvalue weighted by molar-refractivity contribution is -0.386. The van der Waals surface area contributed by atoms with Crippen LogP contribution in [0.1, 0.15) is 39.8 Å². The number of rotatable bonds is 8. The molecule has 1 heterocycles. The van der Waals surface area contributed by atoms with Gasteiger partial charge >= 0.3 is 5.69 Å². The predicted molar refractivity (Wildman–Crippen MR) is 117 cm³/mol. The summed E-state index contributed by atoms with van der Waals surface area (Å²) in [5.74, 6) is 0.728. The first-order chi connectivity index (χ1) is 14.8. The van der Waals surface area contributed by atoms with Gasteiger partial charge in [0, 0.05) is 19.2 Å². The van der Waals surface area contributed by atoms with Crippen LogP contribution in [0.4, 0.5) is 5.69 Å². The monoisotopic (exact) mass is 422 g/mol. The maximum absolute atomic E-state index is 12.8. The Labute approximate surface area is 181 Å². The van der Waals surface area contributed by atoms with Crippen molar-refractivity contribution in [2.45, 2.75) is 33.9 Å². The summed E-state index contributed by atoms with van der Waals surface area (Å²) in [6.07, 6.45) is 0. The van der Waals surface area contributed by atoms with Gasteiger partial charge in [-0.05, 0) is 56.2 Å². The van der Waals surface area contributed by atoms with Crippen molar-refractivity contribution in [2.24, 2.45) is 0 Å². The Morgan fingerprint density at radius 1 is 1.10 bits per heavy atom. The highest BCUT2D eigenvalue weighted by Gasteiger charge is 2.21. The summed E-state index contributed by atoms with van der Waals surface area (Å²) < 4.78 is 7.06. The molecule has 3 rings (SSSR count). The Bertz CT molecular complexity index is 1070. The van der Waals surface area contributed by atoms with Gasteiger partial charge in [-0.1, -0.05) is 24.3 Å². The van der Waals surface area contributed by atoms with Gasteiger partial charge in [0.1, 0.15) is 17.1 Å². The van der Waals surface area contributed by atoms with Gasteiger partial charge in [0.2, 0.25) is 0 Å². The second kappa shape index (κ2) is 9.42. The number of nitro groups is 1. The van der Waals surface area contributed by atoms with E-state index in [4.69, 9.17) is 4.74 Å². The zero-order valence-electron chi connectivity index (χ0n) is 18.2. The first-order valence-corrected chi connectivity index (χ1v) is 10.0. The molecule has 1 amide bonds. The minimum Gasteiger partial charge on any atom is -0.494 e. The quantitative estimate of drug-likeness (QED) is 0.402. The van der Waals surface area contributed by atoms with Crippen LogP contribution in [0.2, 0.25) is 0 Å². The summed E-state index contributed by atoms with van der Waals surface area (Å²) in [4.78, 5) is 25.2. The van der Waals surface area contributed by atoms with Gasteiger partial charge in [-0.15, -0.1) is 0 Å². The molecule has 8 heteroatoms. The second-order valence-corrected chi connectivity index (χ2v) is 7.37. The van der Waals surface area contributed by atoms with Crippen LogP contribution in [0.3, 0.4) is 0 Å². The number of hydrogen-bond acceptors (Lipinski definition) is 5. The van der Waals surface area contributed by atoms with E-state index in [0.29, 0.717) is 36.6 Å². The van der Waals surface area contributed by atoms with Crippen LogP contribution < -0.4 is 4.74 Å². The van der Waals surface area contributed by atoms with Crippen LogP contribution in [-0.4, -0.2) is 39.2 Å². The molecule has 0 bridgehead atoms. The third-order valence-corrected chi connectivity index (χ3v) is 5.06. The lowest BCUT2D eigenvalue weighted by Crippen LogP contribution is -2.26. The topological polar surface area (TPSA) is 90.5 Å². The van der Waals surface area contributed by atoms with Gasteiger partial charge in [0.05, 0.1) is 18.1 Å². The normalized spacial score (nSPS) is 10.7. The van der Waals surface area contributed by atoms with E-state index in [9.17, 15) is 14.9 Å². The minimum atomic E-state index is -0.407. The third-order valence-electron chi connectivity index (χ3n) is 5.06. The van der Waals surface area contributed by atoms with Gasteiger partial charge in [-0.3, -0.25) is 19.6 Å². The van der Waals surface area contributed by atoms with Gasteiger partial charge in [-0.25, -0.2) is 0 Å². The zero-order chi connectivity index (χ0) is 22.5. The molecular weight excluding hydrogens is 396 g/mol. The smallest absolute Gasteiger partial charge is 0.312 e. The fourth-order valence-corrected chi connectivity index (χ4v) is 3.46. The van der Waals surface area contributed by atoms with Crippen LogP contribution in [0.15, 0.2) is 48.5 Å². The molecule has 1 aromatic heterocycles. The molecule has 3 aromatic rings. The zero-order valence-corrected chi connectivity index (χ0v) is 18.2. The van der Waals surface area contributed by atoms with Crippen molar-refractivity contribution >= 4 is 11.6 Å². The molecule has 162 valence electrons. The number of carbonyl (C=O) groups is 1. The van der Waals surface area contributed by atoms with Crippen molar-refractivity contribution in [3.8, 4) is 5.75 Å². The molecule has 0 aliphatic carbocycles.